The minimum Gasteiger partial charge on any atom is -0.478 e. The summed E-state index contributed by atoms with van der Waals surface area (Å²) in [5.41, 5.74) is -0.615. The van der Waals surface area contributed by atoms with E-state index in [1.165, 1.54) is 0 Å². The summed E-state index contributed by atoms with van der Waals surface area (Å²) in [5, 5.41) is 20.1. The molecule has 7 nitrogen and oxygen atoms in total. The number of carboxylic acid groups (broad SMARTS) is 1. The lowest BCUT2D eigenvalue weighted by molar-refractivity contribution is -0.384. The fraction of sp³-hybridized carbons (Fsp3) is 0.467. The van der Waals surface area contributed by atoms with E-state index in [1.54, 1.807) is 4.90 Å². The summed E-state index contributed by atoms with van der Waals surface area (Å²) in [6.45, 7) is 5.12. The molecule has 1 N–H and O–H groups in total. The number of carbonyl (C=O) groups is 2. The molecule has 1 aliphatic rings. The standard InChI is InChI=1S/C15H18N2O5/c1-9-5-10(2)8-16(7-9)14(18)13-6-11(17(21)22)3-4-12(13)15(19)20/h3-4,6,9-10H,5,7-8H2,1-2H3,(H,19,20). The third-order valence-corrected chi connectivity index (χ3v) is 3.83. The van der Waals surface area contributed by atoms with Crippen molar-refractivity contribution in [2.24, 2.45) is 11.8 Å². The van der Waals surface area contributed by atoms with Gasteiger partial charge in [0.25, 0.3) is 11.6 Å². The highest BCUT2D eigenvalue weighted by molar-refractivity contribution is 6.05. The smallest absolute Gasteiger partial charge is 0.336 e. The minimum atomic E-state index is -1.27. The van der Waals surface area contributed by atoms with Crippen LogP contribution < -0.4 is 0 Å². The first-order valence-electron chi connectivity index (χ1n) is 7.10. The maximum atomic E-state index is 12.6. The molecule has 0 radical (unpaired) electrons. The fourth-order valence-electron chi connectivity index (χ4n) is 3.01. The maximum absolute atomic E-state index is 12.6. The van der Waals surface area contributed by atoms with E-state index < -0.39 is 16.8 Å². The molecule has 1 aliphatic heterocycles. The lowest BCUT2D eigenvalue weighted by atomic mass is 9.91. The highest BCUT2D eigenvalue weighted by Crippen LogP contribution is 2.25. The van der Waals surface area contributed by atoms with E-state index in [4.69, 9.17) is 0 Å². The van der Waals surface area contributed by atoms with E-state index in [9.17, 15) is 24.8 Å². The van der Waals surface area contributed by atoms with Crippen LogP contribution in [-0.4, -0.2) is 39.9 Å². The van der Waals surface area contributed by atoms with Crippen molar-refractivity contribution in [2.45, 2.75) is 20.3 Å². The van der Waals surface area contributed by atoms with E-state index in [2.05, 4.69) is 0 Å². The number of amides is 1. The first kappa shape index (κ1) is 15.9. The molecule has 1 saturated heterocycles. The van der Waals surface area contributed by atoms with Crippen LogP contribution in [-0.2, 0) is 0 Å². The van der Waals surface area contributed by atoms with E-state index in [-0.39, 0.29) is 16.8 Å². The first-order chi connectivity index (χ1) is 10.3. The third-order valence-electron chi connectivity index (χ3n) is 3.83. The van der Waals surface area contributed by atoms with Crippen LogP contribution in [0.5, 0.6) is 0 Å². The summed E-state index contributed by atoms with van der Waals surface area (Å²) in [5.74, 6) is -1.09. The van der Waals surface area contributed by atoms with Crippen molar-refractivity contribution in [1.82, 2.24) is 4.90 Å². The Kier molecular flexibility index (Phi) is 4.44. The molecule has 1 amide bonds. The second kappa shape index (κ2) is 6.13. The van der Waals surface area contributed by atoms with Crippen molar-refractivity contribution in [3.63, 3.8) is 0 Å². The maximum Gasteiger partial charge on any atom is 0.336 e. The van der Waals surface area contributed by atoms with Gasteiger partial charge in [0.15, 0.2) is 0 Å². The lowest BCUT2D eigenvalue weighted by Gasteiger charge is -2.35. The second-order valence-corrected chi connectivity index (χ2v) is 5.95. The molecule has 0 spiro atoms. The summed E-state index contributed by atoms with van der Waals surface area (Å²) < 4.78 is 0. The van der Waals surface area contributed by atoms with Crippen LogP contribution in [0.1, 0.15) is 41.0 Å². The monoisotopic (exact) mass is 306 g/mol. The van der Waals surface area contributed by atoms with Crippen LogP contribution in [0.25, 0.3) is 0 Å². The summed E-state index contributed by atoms with van der Waals surface area (Å²) >= 11 is 0. The van der Waals surface area contributed by atoms with Gasteiger partial charge in [-0.2, -0.15) is 0 Å². The molecule has 7 heteroatoms. The zero-order valence-corrected chi connectivity index (χ0v) is 12.5. The number of rotatable bonds is 3. The fourth-order valence-corrected chi connectivity index (χ4v) is 3.01. The number of hydrogen-bond acceptors (Lipinski definition) is 4. The largest absolute Gasteiger partial charge is 0.478 e. The van der Waals surface area contributed by atoms with Crippen molar-refractivity contribution in [1.29, 1.82) is 0 Å². The van der Waals surface area contributed by atoms with Gasteiger partial charge in [-0.3, -0.25) is 14.9 Å². The molecule has 1 fully saturated rings. The Bertz CT molecular complexity index is 618. The first-order valence-corrected chi connectivity index (χ1v) is 7.10. The van der Waals surface area contributed by atoms with Crippen LogP contribution in [0.4, 0.5) is 5.69 Å². The predicted octanol–water partition coefficient (Wildman–Crippen LogP) is 2.41. The molecule has 2 rings (SSSR count). The van der Waals surface area contributed by atoms with Crippen molar-refractivity contribution in [3.05, 3.63) is 39.4 Å². The van der Waals surface area contributed by atoms with Gasteiger partial charge in [-0.15, -0.1) is 0 Å². The number of non-ortho nitro benzene ring substituents is 1. The van der Waals surface area contributed by atoms with Crippen LogP contribution in [0.2, 0.25) is 0 Å². The Morgan fingerprint density at radius 1 is 1.23 bits per heavy atom. The van der Waals surface area contributed by atoms with Crippen molar-refractivity contribution < 1.29 is 19.6 Å². The Labute approximate surface area is 127 Å². The normalized spacial score (nSPS) is 21.5. The number of aromatic carboxylic acids is 1. The number of hydrogen-bond donors (Lipinski definition) is 1. The van der Waals surface area contributed by atoms with Crippen LogP contribution >= 0.6 is 0 Å². The van der Waals surface area contributed by atoms with Gasteiger partial charge in [0, 0.05) is 25.2 Å². The third kappa shape index (κ3) is 3.24. The molecule has 2 atom stereocenters. The molecule has 1 aromatic carbocycles. The molecule has 0 saturated carbocycles. The number of nitrogens with zero attached hydrogens (tertiary/aromatic N) is 2. The zero-order chi connectivity index (χ0) is 16.4. The van der Waals surface area contributed by atoms with E-state index in [0.717, 1.165) is 24.6 Å². The average molecular weight is 306 g/mol. The zero-order valence-electron chi connectivity index (χ0n) is 12.5. The molecule has 1 aromatic rings. The number of carboxylic acids is 1. The number of benzene rings is 1. The molecule has 0 bridgehead atoms. The van der Waals surface area contributed by atoms with Crippen molar-refractivity contribution >= 4 is 17.6 Å². The van der Waals surface area contributed by atoms with E-state index in [0.29, 0.717) is 24.9 Å². The minimum absolute atomic E-state index is 0.122. The quantitative estimate of drug-likeness (QED) is 0.682. The summed E-state index contributed by atoms with van der Waals surface area (Å²) in [4.78, 5) is 35.7. The van der Waals surface area contributed by atoms with Gasteiger partial charge >= 0.3 is 5.97 Å². The Morgan fingerprint density at radius 3 is 2.32 bits per heavy atom. The number of carbonyl (C=O) groups excluding carboxylic acids is 1. The summed E-state index contributed by atoms with van der Waals surface area (Å²) in [7, 11) is 0. The van der Waals surface area contributed by atoms with E-state index in [1.807, 2.05) is 13.8 Å². The number of likely N-dealkylation sites (tertiary alicyclic amines) is 1. The van der Waals surface area contributed by atoms with Gasteiger partial charge in [0.2, 0.25) is 0 Å². The van der Waals surface area contributed by atoms with Crippen LogP contribution in [0, 0.1) is 22.0 Å². The Morgan fingerprint density at radius 2 is 1.82 bits per heavy atom. The second-order valence-electron chi connectivity index (χ2n) is 5.95. The number of piperidine rings is 1. The van der Waals surface area contributed by atoms with Gasteiger partial charge in [-0.25, -0.2) is 4.79 Å². The average Bonchev–Trinajstić information content (AvgIpc) is 2.44. The van der Waals surface area contributed by atoms with Crippen LogP contribution in [0.3, 0.4) is 0 Å². The molecular formula is C15H18N2O5. The Balaban J connectivity index is 2.40. The summed E-state index contributed by atoms with van der Waals surface area (Å²) in [6.07, 6.45) is 1.00. The number of nitro groups is 1. The highest BCUT2D eigenvalue weighted by atomic mass is 16.6. The molecule has 1 heterocycles. The highest BCUT2D eigenvalue weighted by Gasteiger charge is 2.29. The predicted molar refractivity (Wildman–Crippen MR) is 78.9 cm³/mol. The lowest BCUT2D eigenvalue weighted by Crippen LogP contribution is -2.43. The summed E-state index contributed by atoms with van der Waals surface area (Å²) in [6, 6.07) is 3.27. The van der Waals surface area contributed by atoms with Crippen molar-refractivity contribution in [2.75, 3.05) is 13.1 Å². The molecule has 2 unspecified atom stereocenters. The SMILES string of the molecule is CC1CC(C)CN(C(=O)c2cc([N+](=O)[O-])ccc2C(=O)O)C1. The van der Waals surface area contributed by atoms with Gasteiger partial charge in [-0.05, 0) is 24.3 Å². The molecule has 0 aliphatic carbocycles. The van der Waals surface area contributed by atoms with Crippen LogP contribution in [0.15, 0.2) is 18.2 Å². The molecule has 118 valence electrons. The Hall–Kier alpha value is -2.44. The van der Waals surface area contributed by atoms with Gasteiger partial charge in [0.1, 0.15) is 0 Å². The van der Waals surface area contributed by atoms with Crippen molar-refractivity contribution in [3.8, 4) is 0 Å². The van der Waals surface area contributed by atoms with Gasteiger partial charge in [0.05, 0.1) is 16.1 Å². The van der Waals surface area contributed by atoms with E-state index >= 15 is 0 Å². The molecular weight excluding hydrogens is 288 g/mol. The van der Waals surface area contributed by atoms with Gasteiger partial charge < -0.3 is 10.0 Å². The molecule has 0 aromatic heterocycles. The van der Waals surface area contributed by atoms with Gasteiger partial charge in [-0.1, -0.05) is 13.8 Å². The topological polar surface area (TPSA) is 101 Å². The molecule has 22 heavy (non-hydrogen) atoms. The number of nitro benzene ring substituents is 1.